The summed E-state index contributed by atoms with van der Waals surface area (Å²) < 4.78 is 5.15. The van der Waals surface area contributed by atoms with Crippen LogP contribution in [0.2, 0.25) is 0 Å². The van der Waals surface area contributed by atoms with Gasteiger partial charge in [-0.2, -0.15) is 0 Å². The van der Waals surface area contributed by atoms with Gasteiger partial charge in [0.2, 0.25) is 0 Å². The van der Waals surface area contributed by atoms with Crippen molar-refractivity contribution >= 4 is 5.82 Å². The summed E-state index contributed by atoms with van der Waals surface area (Å²) in [5, 5.41) is 3.52. The second kappa shape index (κ2) is 4.97. The van der Waals surface area contributed by atoms with Gasteiger partial charge < -0.3 is 15.0 Å². The van der Waals surface area contributed by atoms with E-state index in [2.05, 4.69) is 21.1 Å². The minimum absolute atomic E-state index is 0.546. The fourth-order valence-corrected chi connectivity index (χ4v) is 2.25. The first-order valence-electron chi connectivity index (χ1n) is 6.37. The van der Waals surface area contributed by atoms with E-state index in [1.807, 2.05) is 12.1 Å². The van der Waals surface area contributed by atoms with Gasteiger partial charge in [-0.3, -0.25) is 0 Å². The summed E-state index contributed by atoms with van der Waals surface area (Å²) >= 11 is 0. The molecule has 18 heavy (non-hydrogen) atoms. The van der Waals surface area contributed by atoms with E-state index in [0.29, 0.717) is 12.1 Å². The van der Waals surface area contributed by atoms with E-state index in [1.54, 1.807) is 6.20 Å². The van der Waals surface area contributed by atoms with E-state index < -0.39 is 0 Å². The molecule has 4 nitrogen and oxygen atoms in total. The summed E-state index contributed by atoms with van der Waals surface area (Å²) in [4.78, 5) is 6.74. The standard InChI is InChI=1S/C14H17N3O/c1-2-11-3-4-14(16-7-11)17-6-5-13(17)8-15-12-9-18-10-12/h1,3-4,7,12-13,15H,5-6,8-10H2/t13-/m0/s1. The van der Waals surface area contributed by atoms with Gasteiger partial charge in [-0.05, 0) is 18.6 Å². The second-order valence-electron chi connectivity index (χ2n) is 4.83. The maximum Gasteiger partial charge on any atom is 0.128 e. The highest BCUT2D eigenvalue weighted by Crippen LogP contribution is 2.24. The molecular weight excluding hydrogens is 226 g/mol. The molecule has 2 fully saturated rings. The van der Waals surface area contributed by atoms with Gasteiger partial charge in [-0.25, -0.2) is 4.98 Å². The van der Waals surface area contributed by atoms with Crippen LogP contribution in [0.1, 0.15) is 12.0 Å². The Morgan fingerprint density at radius 2 is 2.39 bits per heavy atom. The predicted molar refractivity (Wildman–Crippen MR) is 70.5 cm³/mol. The number of nitrogens with zero attached hydrogens (tertiary/aromatic N) is 2. The van der Waals surface area contributed by atoms with Crippen LogP contribution in [-0.4, -0.2) is 43.4 Å². The molecule has 0 radical (unpaired) electrons. The molecule has 0 aromatic carbocycles. The van der Waals surface area contributed by atoms with Crippen molar-refractivity contribution in [3.8, 4) is 12.3 Å². The van der Waals surface area contributed by atoms with Gasteiger partial charge in [0.25, 0.3) is 0 Å². The first-order valence-corrected chi connectivity index (χ1v) is 6.37. The molecular formula is C14H17N3O. The molecule has 94 valence electrons. The van der Waals surface area contributed by atoms with Gasteiger partial charge in [-0.1, -0.05) is 5.92 Å². The molecule has 0 amide bonds. The molecule has 1 atom stereocenters. The zero-order valence-electron chi connectivity index (χ0n) is 10.3. The first-order chi connectivity index (χ1) is 8.86. The van der Waals surface area contributed by atoms with Crippen molar-refractivity contribution in [1.82, 2.24) is 10.3 Å². The van der Waals surface area contributed by atoms with Crippen LogP contribution >= 0.6 is 0 Å². The van der Waals surface area contributed by atoms with Crippen molar-refractivity contribution in [3.05, 3.63) is 23.9 Å². The Morgan fingerprint density at radius 1 is 1.50 bits per heavy atom. The SMILES string of the molecule is C#Cc1ccc(N2CC[C@H]2CNC2COC2)nc1. The lowest BCUT2D eigenvalue weighted by Crippen LogP contribution is -2.57. The lowest BCUT2D eigenvalue weighted by atomic mass is 10.0. The summed E-state index contributed by atoms with van der Waals surface area (Å²) in [6.07, 6.45) is 8.31. The highest BCUT2D eigenvalue weighted by Gasteiger charge is 2.30. The van der Waals surface area contributed by atoms with Crippen LogP contribution in [0.15, 0.2) is 18.3 Å². The maximum absolute atomic E-state index is 5.33. The van der Waals surface area contributed by atoms with E-state index in [1.165, 1.54) is 6.42 Å². The number of hydrogen-bond acceptors (Lipinski definition) is 4. The Balaban J connectivity index is 1.56. The number of aromatic nitrogens is 1. The average molecular weight is 243 g/mol. The third-order valence-electron chi connectivity index (χ3n) is 3.63. The molecule has 0 bridgehead atoms. The Bertz CT molecular complexity index is 447. The zero-order chi connectivity index (χ0) is 12.4. The van der Waals surface area contributed by atoms with Crippen molar-refractivity contribution in [2.45, 2.75) is 18.5 Å². The lowest BCUT2D eigenvalue weighted by Gasteiger charge is -2.43. The molecule has 0 spiro atoms. The number of anilines is 1. The third kappa shape index (κ3) is 2.20. The summed E-state index contributed by atoms with van der Waals surface area (Å²) in [7, 11) is 0. The highest BCUT2D eigenvalue weighted by atomic mass is 16.5. The van der Waals surface area contributed by atoms with Crippen LogP contribution in [0.25, 0.3) is 0 Å². The Hall–Kier alpha value is -1.57. The molecule has 0 saturated carbocycles. The Labute approximate surface area is 107 Å². The normalized spacial score (nSPS) is 23.1. The van der Waals surface area contributed by atoms with Crippen LogP contribution in [0.4, 0.5) is 5.82 Å². The zero-order valence-corrected chi connectivity index (χ0v) is 10.3. The topological polar surface area (TPSA) is 37.4 Å². The largest absolute Gasteiger partial charge is 0.378 e. The van der Waals surface area contributed by atoms with Gasteiger partial charge in [0.15, 0.2) is 0 Å². The number of rotatable bonds is 4. The smallest absolute Gasteiger partial charge is 0.128 e. The Kier molecular flexibility index (Phi) is 3.18. The molecule has 1 aromatic heterocycles. The van der Waals surface area contributed by atoms with Gasteiger partial charge in [-0.15, -0.1) is 6.42 Å². The Morgan fingerprint density at radius 3 is 2.89 bits per heavy atom. The van der Waals surface area contributed by atoms with E-state index >= 15 is 0 Å². The number of terminal acetylenes is 1. The van der Waals surface area contributed by atoms with Gasteiger partial charge >= 0.3 is 0 Å². The van der Waals surface area contributed by atoms with Crippen LogP contribution in [0.5, 0.6) is 0 Å². The molecule has 3 heterocycles. The van der Waals surface area contributed by atoms with Crippen molar-refractivity contribution in [3.63, 3.8) is 0 Å². The molecule has 2 aliphatic heterocycles. The highest BCUT2D eigenvalue weighted by molar-refractivity contribution is 5.45. The molecule has 4 heteroatoms. The summed E-state index contributed by atoms with van der Waals surface area (Å²) in [6.45, 7) is 3.78. The molecule has 0 aliphatic carbocycles. The minimum Gasteiger partial charge on any atom is -0.378 e. The lowest BCUT2D eigenvalue weighted by molar-refractivity contribution is -0.00602. The molecule has 3 rings (SSSR count). The van der Waals surface area contributed by atoms with E-state index in [-0.39, 0.29) is 0 Å². The molecule has 1 N–H and O–H groups in total. The third-order valence-corrected chi connectivity index (χ3v) is 3.63. The quantitative estimate of drug-likeness (QED) is 0.787. The summed E-state index contributed by atoms with van der Waals surface area (Å²) in [6, 6.07) is 5.05. The van der Waals surface area contributed by atoms with Gasteiger partial charge in [0.1, 0.15) is 5.82 Å². The molecule has 1 aromatic rings. The van der Waals surface area contributed by atoms with Gasteiger partial charge in [0, 0.05) is 30.9 Å². The maximum atomic E-state index is 5.33. The number of hydrogen-bond donors (Lipinski definition) is 1. The predicted octanol–water partition coefficient (Wildman–Crippen LogP) is 0.630. The second-order valence-corrected chi connectivity index (χ2v) is 4.83. The number of nitrogens with one attached hydrogen (secondary N) is 1. The average Bonchev–Trinajstić information content (AvgIpc) is 2.32. The van der Waals surface area contributed by atoms with Crippen molar-refractivity contribution in [1.29, 1.82) is 0 Å². The van der Waals surface area contributed by atoms with Crippen molar-refractivity contribution in [2.24, 2.45) is 0 Å². The van der Waals surface area contributed by atoms with Crippen LogP contribution < -0.4 is 10.2 Å². The molecule has 2 aliphatic rings. The molecule has 0 unspecified atom stereocenters. The van der Waals surface area contributed by atoms with E-state index in [0.717, 1.165) is 37.7 Å². The number of pyridine rings is 1. The first kappa shape index (κ1) is 11.5. The molecule has 2 saturated heterocycles. The van der Waals surface area contributed by atoms with Crippen LogP contribution in [-0.2, 0) is 4.74 Å². The van der Waals surface area contributed by atoms with E-state index in [4.69, 9.17) is 11.2 Å². The van der Waals surface area contributed by atoms with Crippen molar-refractivity contribution in [2.75, 3.05) is 31.2 Å². The van der Waals surface area contributed by atoms with E-state index in [9.17, 15) is 0 Å². The summed E-state index contributed by atoms with van der Waals surface area (Å²) in [5.41, 5.74) is 0.834. The minimum atomic E-state index is 0.546. The van der Waals surface area contributed by atoms with Crippen molar-refractivity contribution < 1.29 is 4.74 Å². The fraction of sp³-hybridized carbons (Fsp3) is 0.500. The summed E-state index contributed by atoms with van der Waals surface area (Å²) in [5.74, 6) is 3.61. The van der Waals surface area contributed by atoms with Gasteiger partial charge in [0.05, 0.1) is 19.3 Å². The fourth-order valence-electron chi connectivity index (χ4n) is 2.25. The van der Waals surface area contributed by atoms with Crippen LogP contribution in [0.3, 0.4) is 0 Å². The van der Waals surface area contributed by atoms with Crippen LogP contribution in [0, 0.1) is 12.3 Å². The monoisotopic (exact) mass is 243 g/mol. The number of ether oxygens (including phenoxy) is 1.